The van der Waals surface area contributed by atoms with Crippen LogP contribution in [-0.4, -0.2) is 43.2 Å². The van der Waals surface area contributed by atoms with Gasteiger partial charge in [-0.3, -0.25) is 4.79 Å². The fourth-order valence-corrected chi connectivity index (χ4v) is 3.42. The van der Waals surface area contributed by atoms with Crippen molar-refractivity contribution in [2.75, 3.05) is 26.2 Å². The van der Waals surface area contributed by atoms with Gasteiger partial charge in [-0.25, -0.2) is 4.39 Å². The maximum Gasteiger partial charge on any atom is 0.253 e. The van der Waals surface area contributed by atoms with Gasteiger partial charge in [-0.15, -0.1) is 0 Å². The molecule has 1 saturated heterocycles. The first kappa shape index (κ1) is 18.1. The molecule has 5 heteroatoms. The second-order valence-electron chi connectivity index (χ2n) is 6.81. The molecule has 0 unspecified atom stereocenters. The van der Waals surface area contributed by atoms with Gasteiger partial charge in [-0.1, -0.05) is 23.8 Å². The van der Waals surface area contributed by atoms with E-state index < -0.39 is 6.10 Å². The molecule has 1 heterocycles. The van der Waals surface area contributed by atoms with Crippen LogP contribution in [0.5, 0.6) is 0 Å². The number of halogens is 1. The minimum atomic E-state index is -0.422. The second-order valence-corrected chi connectivity index (χ2v) is 6.81. The highest BCUT2D eigenvalue weighted by Gasteiger charge is 2.27. The van der Waals surface area contributed by atoms with Crippen molar-refractivity contribution in [1.82, 2.24) is 10.2 Å². The molecule has 0 saturated carbocycles. The normalized spacial score (nSPS) is 20.8. The van der Waals surface area contributed by atoms with Gasteiger partial charge in [0.05, 0.1) is 6.61 Å². The molecular weight excluding hydrogens is 319 g/mol. The summed E-state index contributed by atoms with van der Waals surface area (Å²) in [6.07, 6.45) is 7.61. The zero-order valence-corrected chi connectivity index (χ0v) is 14.7. The summed E-state index contributed by atoms with van der Waals surface area (Å²) >= 11 is 0. The first-order chi connectivity index (χ1) is 12.2. The van der Waals surface area contributed by atoms with E-state index in [1.54, 1.807) is 12.1 Å². The fourth-order valence-electron chi connectivity index (χ4n) is 3.42. The summed E-state index contributed by atoms with van der Waals surface area (Å²) in [5, 5.41) is 3.21. The number of benzene rings is 1. The summed E-state index contributed by atoms with van der Waals surface area (Å²) in [7, 11) is 0. The lowest BCUT2D eigenvalue weighted by molar-refractivity contribution is -0.145. The van der Waals surface area contributed by atoms with Crippen LogP contribution < -0.4 is 5.32 Å². The standard InChI is InChI=1S/C20H27FN2O2/c21-18-8-6-17(7-9-18)15-23(12-10-16-4-2-1-3-5-16)20(24)19-14-22-11-13-25-19/h4,6-9,19,22H,1-3,5,10-15H2/t19-/m0/s1. The molecule has 1 amide bonds. The van der Waals surface area contributed by atoms with Crippen LogP contribution in [0.3, 0.4) is 0 Å². The van der Waals surface area contributed by atoms with E-state index in [-0.39, 0.29) is 11.7 Å². The Kier molecular flexibility index (Phi) is 6.59. The molecule has 1 aromatic rings. The quantitative estimate of drug-likeness (QED) is 0.805. The van der Waals surface area contributed by atoms with Crippen LogP contribution in [0.15, 0.2) is 35.9 Å². The van der Waals surface area contributed by atoms with Crippen molar-refractivity contribution < 1.29 is 13.9 Å². The van der Waals surface area contributed by atoms with Gasteiger partial charge in [0.25, 0.3) is 5.91 Å². The number of rotatable bonds is 6. The van der Waals surface area contributed by atoms with Crippen LogP contribution >= 0.6 is 0 Å². The van der Waals surface area contributed by atoms with Crippen molar-refractivity contribution in [2.24, 2.45) is 0 Å². The molecule has 0 aromatic heterocycles. The van der Waals surface area contributed by atoms with E-state index in [1.807, 2.05) is 4.90 Å². The van der Waals surface area contributed by atoms with Crippen molar-refractivity contribution in [3.8, 4) is 0 Å². The summed E-state index contributed by atoms with van der Waals surface area (Å²) in [4.78, 5) is 14.8. The minimum Gasteiger partial charge on any atom is -0.366 e. The third kappa shape index (κ3) is 5.38. The summed E-state index contributed by atoms with van der Waals surface area (Å²) in [6, 6.07) is 6.38. The molecule has 1 N–H and O–H groups in total. The van der Waals surface area contributed by atoms with E-state index in [9.17, 15) is 9.18 Å². The maximum absolute atomic E-state index is 13.1. The number of morpholine rings is 1. The summed E-state index contributed by atoms with van der Waals surface area (Å²) in [5.74, 6) is -0.235. The molecule has 0 bridgehead atoms. The van der Waals surface area contributed by atoms with Gasteiger partial charge >= 0.3 is 0 Å². The van der Waals surface area contributed by atoms with E-state index in [2.05, 4.69) is 11.4 Å². The average Bonchev–Trinajstić information content (AvgIpc) is 2.67. The maximum atomic E-state index is 13.1. The van der Waals surface area contributed by atoms with Gasteiger partial charge in [0.1, 0.15) is 11.9 Å². The number of nitrogens with one attached hydrogen (secondary N) is 1. The van der Waals surface area contributed by atoms with Gasteiger partial charge in [0.2, 0.25) is 0 Å². The third-order valence-corrected chi connectivity index (χ3v) is 4.89. The second kappa shape index (κ2) is 9.11. The van der Waals surface area contributed by atoms with Crippen LogP contribution in [-0.2, 0) is 16.1 Å². The monoisotopic (exact) mass is 346 g/mol. The molecular formula is C20H27FN2O2. The van der Waals surface area contributed by atoms with Crippen molar-refractivity contribution in [3.63, 3.8) is 0 Å². The minimum absolute atomic E-state index is 0.0212. The van der Waals surface area contributed by atoms with Gasteiger partial charge in [0, 0.05) is 26.2 Å². The lowest BCUT2D eigenvalue weighted by Gasteiger charge is -2.30. The van der Waals surface area contributed by atoms with E-state index in [4.69, 9.17) is 4.74 Å². The molecule has 3 rings (SSSR count). The molecule has 2 aliphatic rings. The number of carbonyl (C=O) groups is 1. The molecule has 0 radical (unpaired) electrons. The molecule has 1 atom stereocenters. The molecule has 1 aliphatic carbocycles. The molecule has 4 nitrogen and oxygen atoms in total. The van der Waals surface area contributed by atoms with Crippen LogP contribution in [0.1, 0.15) is 37.7 Å². The number of hydrogen-bond acceptors (Lipinski definition) is 3. The van der Waals surface area contributed by atoms with Crippen molar-refractivity contribution >= 4 is 5.91 Å². The fraction of sp³-hybridized carbons (Fsp3) is 0.550. The largest absolute Gasteiger partial charge is 0.366 e. The smallest absolute Gasteiger partial charge is 0.253 e. The SMILES string of the molecule is O=C([C@@H]1CNCCO1)N(CCC1=CCCCC1)Cc1ccc(F)cc1. The van der Waals surface area contributed by atoms with Crippen LogP contribution in [0.2, 0.25) is 0 Å². The zero-order valence-electron chi connectivity index (χ0n) is 14.7. The molecule has 0 spiro atoms. The van der Waals surface area contributed by atoms with Crippen LogP contribution in [0, 0.1) is 5.82 Å². The number of ether oxygens (including phenoxy) is 1. The predicted molar refractivity (Wildman–Crippen MR) is 95.6 cm³/mol. The first-order valence-electron chi connectivity index (χ1n) is 9.26. The Morgan fingerprint density at radius 1 is 1.28 bits per heavy atom. The summed E-state index contributed by atoms with van der Waals surface area (Å²) < 4.78 is 18.8. The van der Waals surface area contributed by atoms with Crippen molar-refractivity contribution in [3.05, 3.63) is 47.3 Å². The summed E-state index contributed by atoms with van der Waals surface area (Å²) in [6.45, 7) is 3.08. The number of carbonyl (C=O) groups excluding carboxylic acids is 1. The van der Waals surface area contributed by atoms with E-state index in [0.29, 0.717) is 26.2 Å². The number of hydrogen-bond donors (Lipinski definition) is 1. The van der Waals surface area contributed by atoms with E-state index in [1.165, 1.54) is 30.5 Å². The van der Waals surface area contributed by atoms with Gasteiger partial charge in [0.15, 0.2) is 0 Å². The molecule has 136 valence electrons. The van der Waals surface area contributed by atoms with Gasteiger partial charge in [-0.2, -0.15) is 0 Å². The van der Waals surface area contributed by atoms with Crippen molar-refractivity contribution in [2.45, 2.75) is 44.8 Å². The topological polar surface area (TPSA) is 41.6 Å². The highest BCUT2D eigenvalue weighted by atomic mass is 19.1. The number of amides is 1. The lowest BCUT2D eigenvalue weighted by Crippen LogP contribution is -2.49. The Balaban J connectivity index is 1.66. The summed E-state index contributed by atoms with van der Waals surface area (Å²) in [5.41, 5.74) is 2.39. The highest BCUT2D eigenvalue weighted by Crippen LogP contribution is 2.21. The van der Waals surface area contributed by atoms with E-state index >= 15 is 0 Å². The third-order valence-electron chi connectivity index (χ3n) is 4.89. The Hall–Kier alpha value is -1.72. The van der Waals surface area contributed by atoms with Gasteiger partial charge < -0.3 is 15.0 Å². The molecule has 1 aliphatic heterocycles. The predicted octanol–water partition coefficient (Wildman–Crippen LogP) is 3.03. The number of nitrogens with zero attached hydrogens (tertiary/aromatic N) is 1. The Morgan fingerprint density at radius 3 is 2.80 bits per heavy atom. The highest BCUT2D eigenvalue weighted by molar-refractivity contribution is 5.81. The first-order valence-corrected chi connectivity index (χ1v) is 9.26. The zero-order chi connectivity index (χ0) is 17.5. The van der Waals surface area contributed by atoms with Crippen LogP contribution in [0.4, 0.5) is 4.39 Å². The Labute approximate surface area is 149 Å². The molecule has 1 aromatic carbocycles. The Bertz CT molecular complexity index is 594. The van der Waals surface area contributed by atoms with Gasteiger partial charge in [-0.05, 0) is 49.8 Å². The molecule has 1 fully saturated rings. The molecule has 25 heavy (non-hydrogen) atoms. The Morgan fingerprint density at radius 2 is 2.12 bits per heavy atom. The van der Waals surface area contributed by atoms with E-state index in [0.717, 1.165) is 31.4 Å². The van der Waals surface area contributed by atoms with Crippen molar-refractivity contribution in [1.29, 1.82) is 0 Å². The van der Waals surface area contributed by atoms with Crippen LogP contribution in [0.25, 0.3) is 0 Å². The number of allylic oxidation sites excluding steroid dienone is 1. The average molecular weight is 346 g/mol. The lowest BCUT2D eigenvalue weighted by atomic mass is 9.97.